The molecule has 3 heteroatoms. The van der Waals surface area contributed by atoms with Gasteiger partial charge >= 0.3 is 0 Å². The zero-order chi connectivity index (χ0) is 5.82. The van der Waals surface area contributed by atoms with Crippen molar-refractivity contribution in [2.24, 2.45) is 5.10 Å². The molecule has 2 nitrogen and oxygen atoms in total. The highest BCUT2D eigenvalue weighted by Gasteiger charge is 1.99. The van der Waals surface area contributed by atoms with Crippen LogP contribution in [0.25, 0.3) is 0 Å². The molecule has 0 amide bonds. The first-order chi connectivity index (χ1) is 3.93. The summed E-state index contributed by atoms with van der Waals surface area (Å²) in [5.41, 5.74) is 2.82. The second-order valence-corrected chi connectivity index (χ2v) is 1.86. The third-order valence-electron chi connectivity index (χ3n) is 0.911. The maximum atomic E-state index is 5.49. The molecule has 0 aromatic heterocycles. The van der Waals surface area contributed by atoms with Crippen molar-refractivity contribution in [1.29, 1.82) is 0 Å². The Bertz CT molecular complexity index is 120. The summed E-state index contributed by atoms with van der Waals surface area (Å²) >= 11 is 5.49. The molecule has 1 aliphatic heterocycles. The molecule has 44 valence electrons. The Hall–Kier alpha value is -0.500. The SMILES string of the molecule is ClCC1C=CC=NN1. The molecule has 0 aromatic carbocycles. The molecule has 0 saturated carbocycles. The third kappa shape index (κ3) is 1.23. The van der Waals surface area contributed by atoms with Gasteiger partial charge in [-0.3, -0.25) is 0 Å². The lowest BCUT2D eigenvalue weighted by atomic mass is 10.3. The van der Waals surface area contributed by atoms with E-state index in [-0.39, 0.29) is 6.04 Å². The van der Waals surface area contributed by atoms with E-state index in [9.17, 15) is 0 Å². The number of hydrogen-bond donors (Lipinski definition) is 1. The lowest BCUT2D eigenvalue weighted by molar-refractivity contribution is 0.673. The molecule has 0 saturated heterocycles. The lowest BCUT2D eigenvalue weighted by Crippen LogP contribution is -2.25. The van der Waals surface area contributed by atoms with Gasteiger partial charge in [0.2, 0.25) is 0 Å². The van der Waals surface area contributed by atoms with Gasteiger partial charge in [-0.15, -0.1) is 11.6 Å². The number of hydrogen-bond acceptors (Lipinski definition) is 2. The molecule has 1 atom stereocenters. The Labute approximate surface area is 53.2 Å². The van der Waals surface area contributed by atoms with Gasteiger partial charge in [-0.05, 0) is 6.08 Å². The summed E-state index contributed by atoms with van der Waals surface area (Å²) in [6.07, 6.45) is 5.55. The van der Waals surface area contributed by atoms with Crippen LogP contribution < -0.4 is 5.43 Å². The maximum absolute atomic E-state index is 5.49. The van der Waals surface area contributed by atoms with E-state index in [1.165, 1.54) is 0 Å². The molecular weight excluding hydrogens is 124 g/mol. The molecule has 0 aliphatic carbocycles. The average molecular weight is 131 g/mol. The van der Waals surface area contributed by atoms with Crippen LogP contribution in [0.15, 0.2) is 17.3 Å². The van der Waals surface area contributed by atoms with Crippen molar-refractivity contribution in [3.63, 3.8) is 0 Å². The van der Waals surface area contributed by atoms with Crippen molar-refractivity contribution in [1.82, 2.24) is 5.43 Å². The van der Waals surface area contributed by atoms with Gasteiger partial charge in [0.25, 0.3) is 0 Å². The van der Waals surface area contributed by atoms with Gasteiger partial charge in [0.1, 0.15) is 0 Å². The Morgan fingerprint density at radius 1 is 1.75 bits per heavy atom. The molecule has 1 N–H and O–H groups in total. The van der Waals surface area contributed by atoms with E-state index in [1.807, 2.05) is 12.2 Å². The first-order valence-electron chi connectivity index (χ1n) is 2.45. The van der Waals surface area contributed by atoms with Crippen molar-refractivity contribution in [2.75, 3.05) is 5.88 Å². The fourth-order valence-electron chi connectivity index (χ4n) is 0.495. The van der Waals surface area contributed by atoms with Gasteiger partial charge in [0, 0.05) is 12.1 Å². The number of nitrogens with one attached hydrogen (secondary N) is 1. The normalized spacial score (nSPS) is 25.4. The van der Waals surface area contributed by atoms with Gasteiger partial charge in [0.15, 0.2) is 0 Å². The van der Waals surface area contributed by atoms with Crippen molar-refractivity contribution in [3.05, 3.63) is 12.2 Å². The summed E-state index contributed by atoms with van der Waals surface area (Å²) in [5.74, 6) is 0.577. The Balaban J connectivity index is 2.40. The Morgan fingerprint density at radius 2 is 2.62 bits per heavy atom. The fourth-order valence-corrected chi connectivity index (χ4v) is 0.666. The van der Waals surface area contributed by atoms with Crippen LogP contribution in [-0.2, 0) is 0 Å². The van der Waals surface area contributed by atoms with Crippen LogP contribution in [0.4, 0.5) is 0 Å². The average Bonchev–Trinajstić information content (AvgIpc) is 1.90. The molecule has 0 spiro atoms. The summed E-state index contributed by atoms with van der Waals surface area (Å²) in [5, 5.41) is 3.78. The number of halogens is 1. The molecule has 1 unspecified atom stereocenters. The van der Waals surface area contributed by atoms with E-state index >= 15 is 0 Å². The second kappa shape index (κ2) is 2.72. The third-order valence-corrected chi connectivity index (χ3v) is 1.24. The molecular formula is C5H7ClN2. The van der Waals surface area contributed by atoms with E-state index in [1.54, 1.807) is 6.21 Å². The van der Waals surface area contributed by atoms with Crippen LogP contribution in [0.2, 0.25) is 0 Å². The number of allylic oxidation sites excluding steroid dienone is 1. The van der Waals surface area contributed by atoms with Crippen LogP contribution in [0.1, 0.15) is 0 Å². The molecule has 1 rings (SSSR count). The van der Waals surface area contributed by atoms with Crippen molar-refractivity contribution in [3.8, 4) is 0 Å². The molecule has 0 bridgehead atoms. The van der Waals surface area contributed by atoms with Crippen molar-refractivity contribution >= 4 is 17.8 Å². The van der Waals surface area contributed by atoms with Gasteiger partial charge in [-0.1, -0.05) is 6.08 Å². The summed E-state index contributed by atoms with van der Waals surface area (Å²) in [7, 11) is 0. The topological polar surface area (TPSA) is 24.4 Å². The highest BCUT2D eigenvalue weighted by atomic mass is 35.5. The van der Waals surface area contributed by atoms with E-state index < -0.39 is 0 Å². The number of hydrazone groups is 1. The van der Waals surface area contributed by atoms with Crippen LogP contribution in [-0.4, -0.2) is 18.1 Å². The quantitative estimate of drug-likeness (QED) is 0.521. The summed E-state index contributed by atoms with van der Waals surface area (Å²) in [6.45, 7) is 0. The standard InChI is InChI=1S/C5H7ClN2/c6-4-5-2-1-3-7-8-5/h1-3,5,8H,4H2. The van der Waals surface area contributed by atoms with E-state index in [0.29, 0.717) is 5.88 Å². The minimum atomic E-state index is 0.224. The second-order valence-electron chi connectivity index (χ2n) is 1.55. The molecule has 1 aliphatic rings. The minimum absolute atomic E-state index is 0.224. The smallest absolute Gasteiger partial charge is 0.0759 e. The zero-order valence-electron chi connectivity index (χ0n) is 4.34. The molecule has 1 heterocycles. The summed E-state index contributed by atoms with van der Waals surface area (Å²) in [6, 6.07) is 0.224. The maximum Gasteiger partial charge on any atom is 0.0759 e. The highest BCUT2D eigenvalue weighted by molar-refractivity contribution is 6.18. The van der Waals surface area contributed by atoms with E-state index in [4.69, 9.17) is 11.6 Å². The highest BCUT2D eigenvalue weighted by Crippen LogP contribution is 1.92. The zero-order valence-corrected chi connectivity index (χ0v) is 5.10. The summed E-state index contributed by atoms with van der Waals surface area (Å²) < 4.78 is 0. The Kier molecular flexibility index (Phi) is 1.92. The largest absolute Gasteiger partial charge is 0.302 e. The Morgan fingerprint density at radius 3 is 3.00 bits per heavy atom. The molecule has 0 aromatic rings. The monoisotopic (exact) mass is 130 g/mol. The molecule has 8 heavy (non-hydrogen) atoms. The van der Waals surface area contributed by atoms with Gasteiger partial charge in [-0.2, -0.15) is 5.10 Å². The molecule has 0 fully saturated rings. The minimum Gasteiger partial charge on any atom is -0.302 e. The van der Waals surface area contributed by atoms with Crippen LogP contribution in [0.3, 0.4) is 0 Å². The number of nitrogens with zero attached hydrogens (tertiary/aromatic N) is 1. The van der Waals surface area contributed by atoms with Gasteiger partial charge in [0.05, 0.1) is 6.04 Å². The number of rotatable bonds is 1. The number of alkyl halides is 1. The predicted octanol–water partition coefficient (Wildman–Crippen LogP) is 0.739. The van der Waals surface area contributed by atoms with Crippen LogP contribution in [0, 0.1) is 0 Å². The van der Waals surface area contributed by atoms with Crippen LogP contribution in [0.5, 0.6) is 0 Å². The van der Waals surface area contributed by atoms with Crippen molar-refractivity contribution in [2.45, 2.75) is 6.04 Å². The van der Waals surface area contributed by atoms with Crippen molar-refractivity contribution < 1.29 is 0 Å². The van der Waals surface area contributed by atoms with Gasteiger partial charge < -0.3 is 5.43 Å². The fraction of sp³-hybridized carbons (Fsp3) is 0.400. The summed E-state index contributed by atoms with van der Waals surface area (Å²) in [4.78, 5) is 0. The molecule has 0 radical (unpaired) electrons. The van der Waals surface area contributed by atoms with Gasteiger partial charge in [-0.25, -0.2) is 0 Å². The lowest BCUT2D eigenvalue weighted by Gasteiger charge is -2.09. The first-order valence-corrected chi connectivity index (χ1v) is 2.98. The van der Waals surface area contributed by atoms with E-state index in [0.717, 1.165) is 0 Å². The first kappa shape index (κ1) is 5.63. The van der Waals surface area contributed by atoms with Crippen LogP contribution >= 0.6 is 11.6 Å². The predicted molar refractivity (Wildman–Crippen MR) is 35.3 cm³/mol. The van der Waals surface area contributed by atoms with E-state index in [2.05, 4.69) is 10.5 Å².